The summed E-state index contributed by atoms with van der Waals surface area (Å²) in [6.07, 6.45) is 0.187. The topological polar surface area (TPSA) is 70.2 Å². The monoisotopic (exact) mass is 317 g/mol. The Hall–Kier alpha value is -2.53. The van der Waals surface area contributed by atoms with Crippen LogP contribution in [0.25, 0.3) is 0 Å². The Kier molecular flexibility index (Phi) is 5.38. The van der Waals surface area contributed by atoms with Gasteiger partial charge in [0.2, 0.25) is 5.91 Å². The molecular formula is C16H16ClN3O2. The number of hydrogen-bond acceptors (Lipinski definition) is 2. The highest BCUT2D eigenvalue weighted by molar-refractivity contribution is 6.31. The molecule has 2 aromatic carbocycles. The van der Waals surface area contributed by atoms with Crippen LogP contribution in [-0.2, 0) is 11.2 Å². The molecule has 0 saturated heterocycles. The molecule has 0 aromatic heterocycles. The van der Waals surface area contributed by atoms with Crippen LogP contribution in [0.4, 0.5) is 16.2 Å². The highest BCUT2D eigenvalue weighted by Crippen LogP contribution is 2.18. The van der Waals surface area contributed by atoms with Crippen LogP contribution in [0.2, 0.25) is 5.02 Å². The second-order valence-corrected chi connectivity index (χ2v) is 5.01. The average molecular weight is 318 g/mol. The average Bonchev–Trinajstić information content (AvgIpc) is 2.50. The number of rotatable bonds is 4. The van der Waals surface area contributed by atoms with Crippen molar-refractivity contribution in [3.63, 3.8) is 0 Å². The van der Waals surface area contributed by atoms with Crippen LogP contribution in [0.5, 0.6) is 0 Å². The van der Waals surface area contributed by atoms with E-state index < -0.39 is 0 Å². The van der Waals surface area contributed by atoms with Crippen LogP contribution in [0.15, 0.2) is 48.5 Å². The molecule has 3 amide bonds. The van der Waals surface area contributed by atoms with Crippen molar-refractivity contribution in [2.75, 3.05) is 17.7 Å². The van der Waals surface area contributed by atoms with E-state index in [1.807, 2.05) is 18.2 Å². The molecule has 0 radical (unpaired) electrons. The minimum absolute atomic E-state index is 0.176. The van der Waals surface area contributed by atoms with E-state index in [1.54, 1.807) is 30.3 Å². The summed E-state index contributed by atoms with van der Waals surface area (Å²) >= 11 is 6.04. The Balaban J connectivity index is 2.01. The number of amides is 3. The largest absolute Gasteiger partial charge is 0.341 e. The predicted octanol–water partition coefficient (Wildman–Crippen LogP) is 3.27. The Morgan fingerprint density at radius 3 is 2.36 bits per heavy atom. The quantitative estimate of drug-likeness (QED) is 0.810. The van der Waals surface area contributed by atoms with E-state index in [9.17, 15) is 9.59 Å². The first-order valence-corrected chi connectivity index (χ1v) is 7.08. The van der Waals surface area contributed by atoms with Gasteiger partial charge in [-0.3, -0.25) is 4.79 Å². The molecule has 0 aliphatic carbocycles. The van der Waals surface area contributed by atoms with Gasteiger partial charge in [-0.25, -0.2) is 4.79 Å². The van der Waals surface area contributed by atoms with Crippen molar-refractivity contribution in [2.45, 2.75) is 6.42 Å². The maximum atomic E-state index is 12.1. The second-order valence-electron chi connectivity index (χ2n) is 4.60. The van der Waals surface area contributed by atoms with Crippen molar-refractivity contribution in [1.82, 2.24) is 5.32 Å². The standard InChI is InChI=1S/C16H16ClN3O2/c1-18-16(22)20-13-7-4-6-12(10-13)19-15(21)9-11-5-2-3-8-14(11)17/h2-8,10H,9H2,1H3,(H,19,21)(H2,18,20,22). The summed E-state index contributed by atoms with van der Waals surface area (Å²) < 4.78 is 0. The normalized spacial score (nSPS) is 9.91. The van der Waals surface area contributed by atoms with Crippen LogP contribution in [0.1, 0.15) is 5.56 Å². The summed E-state index contributed by atoms with van der Waals surface area (Å²) in [6.45, 7) is 0. The first kappa shape index (κ1) is 15.9. The summed E-state index contributed by atoms with van der Waals surface area (Å²) in [6, 6.07) is 13.8. The highest BCUT2D eigenvalue weighted by Gasteiger charge is 2.07. The summed E-state index contributed by atoms with van der Waals surface area (Å²) in [7, 11) is 1.53. The fraction of sp³-hybridized carbons (Fsp3) is 0.125. The van der Waals surface area contributed by atoms with Crippen LogP contribution in [0.3, 0.4) is 0 Å². The van der Waals surface area contributed by atoms with Crippen molar-refractivity contribution in [2.24, 2.45) is 0 Å². The number of urea groups is 1. The molecule has 0 atom stereocenters. The summed E-state index contributed by atoms with van der Waals surface area (Å²) in [5.74, 6) is -0.176. The van der Waals surface area contributed by atoms with Crippen molar-refractivity contribution < 1.29 is 9.59 Å². The second kappa shape index (κ2) is 7.47. The molecule has 0 fully saturated rings. The minimum atomic E-state index is -0.320. The zero-order valence-corrected chi connectivity index (χ0v) is 12.8. The molecular weight excluding hydrogens is 302 g/mol. The van der Waals surface area contributed by atoms with E-state index in [1.165, 1.54) is 7.05 Å². The highest BCUT2D eigenvalue weighted by atomic mass is 35.5. The third kappa shape index (κ3) is 4.49. The molecule has 6 heteroatoms. The molecule has 0 heterocycles. The van der Waals surface area contributed by atoms with Gasteiger partial charge in [-0.15, -0.1) is 0 Å². The molecule has 0 bridgehead atoms. The number of carbonyl (C=O) groups is 2. The summed E-state index contributed by atoms with van der Waals surface area (Å²) in [5, 5.41) is 8.44. The van der Waals surface area contributed by atoms with E-state index in [-0.39, 0.29) is 18.4 Å². The number of anilines is 2. The fourth-order valence-electron chi connectivity index (χ4n) is 1.89. The maximum Gasteiger partial charge on any atom is 0.318 e. The number of halogens is 1. The number of carbonyl (C=O) groups excluding carboxylic acids is 2. The van der Waals surface area contributed by atoms with E-state index in [0.29, 0.717) is 16.4 Å². The molecule has 3 N–H and O–H groups in total. The zero-order chi connectivity index (χ0) is 15.9. The van der Waals surface area contributed by atoms with Crippen LogP contribution in [-0.4, -0.2) is 19.0 Å². The third-order valence-corrected chi connectivity index (χ3v) is 3.31. The molecule has 0 aliphatic rings. The van der Waals surface area contributed by atoms with Gasteiger partial charge < -0.3 is 16.0 Å². The first-order chi connectivity index (χ1) is 10.6. The smallest absolute Gasteiger partial charge is 0.318 e. The molecule has 0 saturated carbocycles. The predicted molar refractivity (Wildman–Crippen MR) is 88.3 cm³/mol. The maximum absolute atomic E-state index is 12.1. The molecule has 5 nitrogen and oxygen atoms in total. The van der Waals surface area contributed by atoms with E-state index in [0.717, 1.165) is 5.56 Å². The summed E-state index contributed by atoms with van der Waals surface area (Å²) in [5.41, 5.74) is 1.96. The zero-order valence-electron chi connectivity index (χ0n) is 12.0. The van der Waals surface area contributed by atoms with Gasteiger partial charge in [0.05, 0.1) is 6.42 Å². The van der Waals surface area contributed by atoms with Gasteiger partial charge in [0.25, 0.3) is 0 Å². The lowest BCUT2D eigenvalue weighted by atomic mass is 10.1. The minimum Gasteiger partial charge on any atom is -0.341 e. The van der Waals surface area contributed by atoms with Gasteiger partial charge in [0.1, 0.15) is 0 Å². The van der Waals surface area contributed by atoms with Gasteiger partial charge in [0.15, 0.2) is 0 Å². The van der Waals surface area contributed by atoms with Gasteiger partial charge in [-0.1, -0.05) is 35.9 Å². The molecule has 0 unspecified atom stereocenters. The third-order valence-electron chi connectivity index (χ3n) is 2.94. The lowest BCUT2D eigenvalue weighted by Crippen LogP contribution is -2.24. The van der Waals surface area contributed by atoms with E-state index in [2.05, 4.69) is 16.0 Å². The Bertz CT molecular complexity index is 689. The Labute approximate surface area is 133 Å². The van der Waals surface area contributed by atoms with E-state index in [4.69, 9.17) is 11.6 Å². The molecule has 2 rings (SSSR count). The molecule has 0 aliphatic heterocycles. The van der Waals surface area contributed by atoms with Crippen molar-refractivity contribution in [3.8, 4) is 0 Å². The molecule has 22 heavy (non-hydrogen) atoms. The van der Waals surface area contributed by atoms with Crippen LogP contribution >= 0.6 is 11.6 Å². The number of hydrogen-bond donors (Lipinski definition) is 3. The number of benzene rings is 2. The number of nitrogens with one attached hydrogen (secondary N) is 3. The van der Waals surface area contributed by atoms with Gasteiger partial charge in [0, 0.05) is 23.4 Å². The summed E-state index contributed by atoms with van der Waals surface area (Å²) in [4.78, 5) is 23.3. The SMILES string of the molecule is CNC(=O)Nc1cccc(NC(=O)Cc2ccccc2Cl)c1. The lowest BCUT2D eigenvalue weighted by Gasteiger charge is -2.09. The molecule has 0 spiro atoms. The fourth-order valence-corrected chi connectivity index (χ4v) is 2.09. The van der Waals surface area contributed by atoms with Gasteiger partial charge in [-0.05, 0) is 29.8 Å². The van der Waals surface area contributed by atoms with Crippen LogP contribution < -0.4 is 16.0 Å². The van der Waals surface area contributed by atoms with Crippen molar-refractivity contribution in [1.29, 1.82) is 0 Å². The van der Waals surface area contributed by atoms with Gasteiger partial charge in [-0.2, -0.15) is 0 Å². The lowest BCUT2D eigenvalue weighted by molar-refractivity contribution is -0.115. The van der Waals surface area contributed by atoms with Crippen LogP contribution in [0, 0.1) is 0 Å². The Morgan fingerprint density at radius 1 is 1.00 bits per heavy atom. The van der Waals surface area contributed by atoms with E-state index >= 15 is 0 Å². The van der Waals surface area contributed by atoms with Gasteiger partial charge >= 0.3 is 6.03 Å². The van der Waals surface area contributed by atoms with Crippen molar-refractivity contribution >= 4 is 34.9 Å². The first-order valence-electron chi connectivity index (χ1n) is 6.70. The Morgan fingerprint density at radius 2 is 1.68 bits per heavy atom. The van der Waals surface area contributed by atoms with Crippen molar-refractivity contribution in [3.05, 3.63) is 59.1 Å². The molecule has 114 valence electrons. The molecule has 2 aromatic rings.